The van der Waals surface area contributed by atoms with E-state index in [1.165, 1.54) is 12.0 Å². The molecule has 1 fully saturated rings. The molecule has 0 saturated carbocycles. The van der Waals surface area contributed by atoms with E-state index in [9.17, 15) is 23.5 Å². The van der Waals surface area contributed by atoms with Crippen LogP contribution in [-0.2, 0) is 16.0 Å². The van der Waals surface area contributed by atoms with Crippen LogP contribution in [0.1, 0.15) is 26.3 Å². The first-order valence-corrected chi connectivity index (χ1v) is 11.2. The molecule has 0 aliphatic carbocycles. The maximum atomic E-state index is 13.6. The molecule has 190 valence electrons. The van der Waals surface area contributed by atoms with Crippen molar-refractivity contribution >= 4 is 17.7 Å². The smallest absolute Gasteiger partial charge is 0.411 e. The van der Waals surface area contributed by atoms with Crippen LogP contribution in [0.5, 0.6) is 5.75 Å². The second-order valence-corrected chi connectivity index (χ2v) is 9.44. The molecule has 35 heavy (non-hydrogen) atoms. The summed E-state index contributed by atoms with van der Waals surface area (Å²) in [6, 6.07) is 7.24. The lowest BCUT2D eigenvalue weighted by Gasteiger charge is -2.43. The molecule has 3 atom stereocenters. The van der Waals surface area contributed by atoms with Crippen molar-refractivity contribution in [1.82, 2.24) is 4.90 Å². The molecule has 1 aliphatic rings. The quantitative estimate of drug-likeness (QED) is 0.644. The summed E-state index contributed by atoms with van der Waals surface area (Å²) >= 11 is 0. The number of hydrogen-bond acceptors (Lipinski definition) is 6. The molecule has 0 spiro atoms. The molecule has 0 radical (unpaired) electrons. The Balaban J connectivity index is 1.90. The van der Waals surface area contributed by atoms with Crippen molar-refractivity contribution in [2.75, 3.05) is 25.1 Å². The Morgan fingerprint density at radius 3 is 2.29 bits per heavy atom. The molecular formula is C25H31F2N3O5. The minimum absolute atomic E-state index is 0.0791. The van der Waals surface area contributed by atoms with Crippen LogP contribution in [0.4, 0.5) is 19.3 Å². The van der Waals surface area contributed by atoms with E-state index in [0.717, 1.165) is 23.1 Å². The third-order valence-corrected chi connectivity index (χ3v) is 5.59. The van der Waals surface area contributed by atoms with Gasteiger partial charge in [0.1, 0.15) is 29.0 Å². The first-order chi connectivity index (χ1) is 16.4. The summed E-state index contributed by atoms with van der Waals surface area (Å²) in [6.07, 6.45) is -2.43. The summed E-state index contributed by atoms with van der Waals surface area (Å²) in [7, 11) is 1.53. The van der Waals surface area contributed by atoms with E-state index in [2.05, 4.69) is 0 Å². The fraction of sp³-hybridized carbons (Fsp3) is 0.440. The molecule has 3 N–H and O–H groups in total. The van der Waals surface area contributed by atoms with Crippen molar-refractivity contribution in [2.24, 2.45) is 5.73 Å². The van der Waals surface area contributed by atoms with Crippen molar-refractivity contribution in [3.05, 3.63) is 59.7 Å². The second kappa shape index (κ2) is 10.6. The van der Waals surface area contributed by atoms with Crippen LogP contribution in [0.2, 0.25) is 0 Å². The fourth-order valence-corrected chi connectivity index (χ4v) is 3.98. The van der Waals surface area contributed by atoms with E-state index in [-0.39, 0.29) is 25.1 Å². The molecule has 2 amide bonds. The van der Waals surface area contributed by atoms with Crippen LogP contribution >= 0.6 is 0 Å². The fourth-order valence-electron chi connectivity index (χ4n) is 3.98. The van der Waals surface area contributed by atoms with E-state index in [1.54, 1.807) is 45.0 Å². The Bertz CT molecular complexity index is 1040. The van der Waals surface area contributed by atoms with Gasteiger partial charge in [0, 0.05) is 30.9 Å². The number of anilines is 1. The number of methoxy groups -OCH3 is 1. The van der Waals surface area contributed by atoms with Crippen molar-refractivity contribution in [3.8, 4) is 5.75 Å². The van der Waals surface area contributed by atoms with Crippen LogP contribution in [0.3, 0.4) is 0 Å². The molecular weight excluding hydrogens is 460 g/mol. The van der Waals surface area contributed by atoms with E-state index >= 15 is 0 Å². The Morgan fingerprint density at radius 1 is 1.14 bits per heavy atom. The summed E-state index contributed by atoms with van der Waals surface area (Å²) in [5.41, 5.74) is 6.13. The average Bonchev–Trinajstić information content (AvgIpc) is 2.76. The lowest BCUT2D eigenvalue weighted by Crippen LogP contribution is -2.66. The number of ether oxygens (including phenoxy) is 2. The van der Waals surface area contributed by atoms with E-state index in [1.807, 2.05) is 0 Å². The number of benzene rings is 2. The monoisotopic (exact) mass is 491 g/mol. The molecule has 10 heteroatoms. The highest BCUT2D eigenvalue weighted by atomic mass is 19.1. The van der Waals surface area contributed by atoms with Gasteiger partial charge in [-0.1, -0.05) is 0 Å². The summed E-state index contributed by atoms with van der Waals surface area (Å²) < 4.78 is 37.9. The number of hydrogen-bond donors (Lipinski definition) is 2. The Morgan fingerprint density at radius 2 is 1.74 bits per heavy atom. The topological polar surface area (TPSA) is 105 Å². The zero-order chi connectivity index (χ0) is 25.9. The number of aliphatic hydroxyl groups excluding tert-OH is 1. The SMILES string of the molecule is COc1ccc(N2CCN(C(=O)OC(C)(C)C)C(C(O)C(N)Cc3cc(F)cc(F)c3)C2=O)cc1. The molecule has 3 unspecified atom stereocenters. The van der Waals surface area contributed by atoms with Crippen molar-refractivity contribution in [3.63, 3.8) is 0 Å². The third-order valence-electron chi connectivity index (χ3n) is 5.59. The van der Waals surface area contributed by atoms with Gasteiger partial charge in [-0.2, -0.15) is 0 Å². The van der Waals surface area contributed by atoms with Gasteiger partial charge in [0.05, 0.1) is 13.2 Å². The van der Waals surface area contributed by atoms with Crippen LogP contribution < -0.4 is 15.4 Å². The van der Waals surface area contributed by atoms with Crippen LogP contribution in [0, 0.1) is 11.6 Å². The predicted octanol–water partition coefficient (Wildman–Crippen LogP) is 2.86. The number of nitrogens with zero attached hydrogens (tertiary/aromatic N) is 2. The largest absolute Gasteiger partial charge is 0.497 e. The predicted molar refractivity (Wildman–Crippen MR) is 126 cm³/mol. The van der Waals surface area contributed by atoms with Crippen LogP contribution in [-0.4, -0.2) is 66.0 Å². The summed E-state index contributed by atoms with van der Waals surface area (Å²) in [6.45, 7) is 5.32. The standard InChI is InChI=1S/C25H31F2N3O5/c1-25(2,3)35-24(33)30-10-9-29(18-5-7-19(34-4)8-6-18)23(32)21(30)22(31)20(28)13-15-11-16(26)14-17(27)12-15/h5-8,11-12,14,20-22,31H,9-10,13,28H2,1-4H3. The maximum absolute atomic E-state index is 13.6. The summed E-state index contributed by atoms with van der Waals surface area (Å²) in [5.74, 6) is -1.51. The number of aliphatic hydroxyl groups is 1. The van der Waals surface area contributed by atoms with Gasteiger partial charge in [-0.05, 0) is 69.2 Å². The minimum Gasteiger partial charge on any atom is -0.497 e. The van der Waals surface area contributed by atoms with Gasteiger partial charge in [0.15, 0.2) is 0 Å². The first-order valence-electron chi connectivity index (χ1n) is 11.2. The molecule has 3 rings (SSSR count). The number of rotatable bonds is 6. The number of piperazine rings is 1. The summed E-state index contributed by atoms with van der Waals surface area (Å²) in [4.78, 5) is 29.1. The minimum atomic E-state index is -1.54. The average molecular weight is 492 g/mol. The third kappa shape index (κ3) is 6.46. The molecule has 1 aliphatic heterocycles. The van der Waals surface area contributed by atoms with Crippen LogP contribution in [0.25, 0.3) is 0 Å². The first kappa shape index (κ1) is 26.4. The molecule has 8 nitrogen and oxygen atoms in total. The lowest BCUT2D eigenvalue weighted by molar-refractivity contribution is -0.131. The van der Waals surface area contributed by atoms with Gasteiger partial charge in [-0.25, -0.2) is 13.6 Å². The molecule has 0 bridgehead atoms. The highest BCUT2D eigenvalue weighted by Crippen LogP contribution is 2.27. The highest BCUT2D eigenvalue weighted by Gasteiger charge is 2.45. The zero-order valence-corrected chi connectivity index (χ0v) is 20.2. The van der Waals surface area contributed by atoms with E-state index in [0.29, 0.717) is 11.4 Å². The number of carbonyl (C=O) groups excluding carboxylic acids is 2. The Kier molecular flexibility index (Phi) is 7.97. The van der Waals surface area contributed by atoms with Gasteiger partial charge in [-0.15, -0.1) is 0 Å². The van der Waals surface area contributed by atoms with Gasteiger partial charge in [0.2, 0.25) is 0 Å². The highest BCUT2D eigenvalue weighted by molar-refractivity contribution is 6.00. The molecule has 0 aromatic heterocycles. The van der Waals surface area contributed by atoms with Gasteiger partial charge < -0.3 is 25.2 Å². The normalized spacial score (nSPS) is 18.3. The van der Waals surface area contributed by atoms with Crippen molar-refractivity contribution < 1.29 is 33.0 Å². The molecule has 1 heterocycles. The van der Waals surface area contributed by atoms with E-state index in [4.69, 9.17) is 15.2 Å². The van der Waals surface area contributed by atoms with Crippen molar-refractivity contribution in [2.45, 2.75) is 51.0 Å². The number of halogens is 2. The van der Waals surface area contributed by atoms with Crippen LogP contribution in [0.15, 0.2) is 42.5 Å². The molecule has 2 aromatic rings. The second-order valence-electron chi connectivity index (χ2n) is 9.44. The lowest BCUT2D eigenvalue weighted by atomic mass is 9.94. The van der Waals surface area contributed by atoms with Gasteiger partial charge >= 0.3 is 6.09 Å². The Labute approximate surface area is 203 Å². The van der Waals surface area contributed by atoms with Crippen molar-refractivity contribution in [1.29, 1.82) is 0 Å². The van der Waals surface area contributed by atoms with E-state index < -0.39 is 47.4 Å². The molecule has 2 aromatic carbocycles. The maximum Gasteiger partial charge on any atom is 0.411 e. The Hall–Kier alpha value is -3.24. The number of nitrogens with two attached hydrogens (primary N) is 1. The number of amides is 2. The molecule has 1 saturated heterocycles. The summed E-state index contributed by atoms with van der Waals surface area (Å²) in [5, 5.41) is 11.1. The zero-order valence-electron chi connectivity index (χ0n) is 20.2. The van der Waals surface area contributed by atoms with Gasteiger partial charge in [0.25, 0.3) is 5.91 Å². The van der Waals surface area contributed by atoms with Gasteiger partial charge in [-0.3, -0.25) is 9.69 Å². The number of carbonyl (C=O) groups is 2.